The van der Waals surface area contributed by atoms with Gasteiger partial charge in [-0.3, -0.25) is 4.79 Å². The molecule has 0 unspecified atom stereocenters. The van der Waals surface area contributed by atoms with Gasteiger partial charge in [0.1, 0.15) is 25.4 Å². The summed E-state index contributed by atoms with van der Waals surface area (Å²) in [5.74, 6) is -0.212. The molecule has 2 rings (SSSR count). The van der Waals surface area contributed by atoms with Crippen molar-refractivity contribution in [2.45, 2.75) is 19.2 Å². The Balaban J connectivity index is 1.91. The predicted octanol–water partition coefficient (Wildman–Crippen LogP) is 1.57. The third-order valence-electron chi connectivity index (χ3n) is 2.54. The van der Waals surface area contributed by atoms with E-state index in [1.165, 1.54) is 30.5 Å². The number of amides is 1. The summed E-state index contributed by atoms with van der Waals surface area (Å²) in [6.07, 6.45) is -1.57. The molecule has 0 bridgehead atoms. The van der Waals surface area contributed by atoms with Gasteiger partial charge in [0.2, 0.25) is 0 Å². The van der Waals surface area contributed by atoms with Crippen molar-refractivity contribution >= 4 is 11.6 Å². The van der Waals surface area contributed by atoms with E-state index in [0.717, 1.165) is 0 Å². The molecule has 2 heterocycles. The molecule has 1 atom stereocenters. The van der Waals surface area contributed by atoms with Gasteiger partial charge in [0.25, 0.3) is 5.91 Å². The lowest BCUT2D eigenvalue weighted by atomic mass is 10.3. The van der Waals surface area contributed by atoms with Crippen LogP contribution in [0.2, 0.25) is 0 Å². The molecule has 0 fully saturated rings. The lowest BCUT2D eigenvalue weighted by Crippen LogP contribution is -2.31. The van der Waals surface area contributed by atoms with Crippen molar-refractivity contribution < 1.29 is 22.7 Å². The third kappa shape index (κ3) is 4.52. The molecule has 1 N–H and O–H groups in total. The molecule has 10 heteroatoms. The minimum atomic E-state index is -4.48. The quantitative estimate of drug-likeness (QED) is 0.905. The molecule has 22 heavy (non-hydrogen) atoms. The summed E-state index contributed by atoms with van der Waals surface area (Å²) in [5.41, 5.74) is 0.330. The first-order chi connectivity index (χ1) is 10.3. The van der Waals surface area contributed by atoms with Crippen LogP contribution in [0.5, 0.6) is 0 Å². The monoisotopic (exact) mass is 315 g/mol. The van der Waals surface area contributed by atoms with Gasteiger partial charge in [-0.1, -0.05) is 0 Å². The number of hydrogen-bond donors (Lipinski definition) is 1. The van der Waals surface area contributed by atoms with E-state index < -0.39 is 24.8 Å². The fourth-order valence-corrected chi connectivity index (χ4v) is 1.46. The summed E-state index contributed by atoms with van der Waals surface area (Å²) in [6, 6.07) is 3.12. The fraction of sp³-hybridized carbons (Fsp3) is 0.333. The van der Waals surface area contributed by atoms with Crippen LogP contribution in [0.3, 0.4) is 0 Å². The maximum Gasteiger partial charge on any atom is 0.411 e. The van der Waals surface area contributed by atoms with E-state index in [9.17, 15) is 18.0 Å². The van der Waals surface area contributed by atoms with Crippen molar-refractivity contribution in [2.75, 3.05) is 11.9 Å². The SMILES string of the molecule is C[C@@H](OCC(F)(F)F)C(=O)Nc1ccc(-n2cncn2)nc1. The van der Waals surface area contributed by atoms with Crippen molar-refractivity contribution in [1.29, 1.82) is 0 Å². The number of aromatic nitrogens is 4. The zero-order chi connectivity index (χ0) is 16.2. The van der Waals surface area contributed by atoms with Gasteiger partial charge in [-0.05, 0) is 19.1 Å². The van der Waals surface area contributed by atoms with Crippen LogP contribution in [-0.2, 0) is 9.53 Å². The predicted molar refractivity (Wildman–Crippen MR) is 69.3 cm³/mol. The fourth-order valence-electron chi connectivity index (χ4n) is 1.46. The summed E-state index contributed by atoms with van der Waals surface area (Å²) in [7, 11) is 0. The van der Waals surface area contributed by atoms with Gasteiger partial charge in [0.15, 0.2) is 5.82 Å². The van der Waals surface area contributed by atoms with Crippen LogP contribution in [0.4, 0.5) is 18.9 Å². The lowest BCUT2D eigenvalue weighted by molar-refractivity contribution is -0.184. The first kappa shape index (κ1) is 15.9. The van der Waals surface area contributed by atoms with E-state index in [-0.39, 0.29) is 0 Å². The number of nitrogens with one attached hydrogen (secondary N) is 1. The summed E-state index contributed by atoms with van der Waals surface area (Å²) >= 11 is 0. The Morgan fingerprint density at radius 3 is 2.77 bits per heavy atom. The number of hydrogen-bond acceptors (Lipinski definition) is 5. The second-order valence-corrected chi connectivity index (χ2v) is 4.30. The number of carbonyl (C=O) groups is 1. The van der Waals surface area contributed by atoms with Gasteiger partial charge in [0.05, 0.1) is 11.9 Å². The summed E-state index contributed by atoms with van der Waals surface area (Å²) in [5, 5.41) is 6.29. The number of alkyl halides is 3. The van der Waals surface area contributed by atoms with Gasteiger partial charge < -0.3 is 10.1 Å². The highest BCUT2D eigenvalue weighted by molar-refractivity contribution is 5.93. The molecule has 7 nitrogen and oxygen atoms in total. The van der Waals surface area contributed by atoms with Crippen LogP contribution < -0.4 is 5.32 Å². The number of ether oxygens (including phenoxy) is 1. The Labute approximate surface area is 123 Å². The molecule has 118 valence electrons. The van der Waals surface area contributed by atoms with E-state index in [4.69, 9.17) is 0 Å². The summed E-state index contributed by atoms with van der Waals surface area (Å²) in [6.45, 7) is -0.247. The van der Waals surface area contributed by atoms with Crippen molar-refractivity contribution in [3.8, 4) is 5.82 Å². The maximum atomic E-state index is 12.0. The normalized spacial score (nSPS) is 12.9. The molecular formula is C12H12F3N5O2. The Morgan fingerprint density at radius 1 is 1.45 bits per heavy atom. The lowest BCUT2D eigenvalue weighted by Gasteiger charge is -2.14. The van der Waals surface area contributed by atoms with Gasteiger partial charge in [-0.25, -0.2) is 14.6 Å². The van der Waals surface area contributed by atoms with Crippen LogP contribution >= 0.6 is 0 Å². The van der Waals surface area contributed by atoms with E-state index in [0.29, 0.717) is 11.5 Å². The molecule has 0 radical (unpaired) electrons. The minimum absolute atomic E-state index is 0.330. The molecule has 0 aromatic carbocycles. The third-order valence-corrected chi connectivity index (χ3v) is 2.54. The van der Waals surface area contributed by atoms with Crippen LogP contribution in [0.15, 0.2) is 31.0 Å². The molecular weight excluding hydrogens is 303 g/mol. The van der Waals surface area contributed by atoms with Crippen LogP contribution in [-0.4, -0.2) is 44.5 Å². The summed E-state index contributed by atoms with van der Waals surface area (Å²) in [4.78, 5) is 19.5. The van der Waals surface area contributed by atoms with Crippen molar-refractivity contribution in [2.24, 2.45) is 0 Å². The molecule has 0 aliphatic carbocycles. The molecule has 0 aliphatic rings. The number of anilines is 1. The van der Waals surface area contributed by atoms with E-state index in [1.807, 2.05) is 0 Å². The zero-order valence-corrected chi connectivity index (χ0v) is 11.4. The average Bonchev–Trinajstić information content (AvgIpc) is 2.99. The smallest absolute Gasteiger partial charge is 0.359 e. The Bertz CT molecular complexity index is 613. The van der Waals surface area contributed by atoms with E-state index in [1.54, 1.807) is 12.1 Å². The van der Waals surface area contributed by atoms with Gasteiger partial charge >= 0.3 is 6.18 Å². The van der Waals surface area contributed by atoms with Gasteiger partial charge in [0, 0.05) is 0 Å². The highest BCUT2D eigenvalue weighted by Gasteiger charge is 2.29. The molecule has 1 amide bonds. The summed E-state index contributed by atoms with van der Waals surface area (Å²) < 4.78 is 41.9. The number of rotatable bonds is 5. The van der Waals surface area contributed by atoms with E-state index in [2.05, 4.69) is 25.1 Å². The number of halogens is 3. The van der Waals surface area contributed by atoms with Crippen molar-refractivity contribution in [3.63, 3.8) is 0 Å². The highest BCUT2D eigenvalue weighted by atomic mass is 19.4. The first-order valence-corrected chi connectivity index (χ1v) is 6.15. The second kappa shape index (κ2) is 6.52. The van der Waals surface area contributed by atoms with E-state index >= 15 is 0 Å². The van der Waals surface area contributed by atoms with Crippen molar-refractivity contribution in [1.82, 2.24) is 19.7 Å². The number of pyridine rings is 1. The standard InChI is InChI=1S/C12H12F3N5O2/c1-8(22-5-12(13,14)15)11(21)19-9-2-3-10(17-4-9)20-7-16-6-18-20/h2-4,6-8H,5H2,1H3,(H,19,21)/t8-/m1/s1. The first-order valence-electron chi connectivity index (χ1n) is 6.15. The van der Waals surface area contributed by atoms with Crippen LogP contribution in [0.25, 0.3) is 5.82 Å². The second-order valence-electron chi connectivity index (χ2n) is 4.30. The molecule has 2 aromatic heterocycles. The van der Waals surface area contributed by atoms with Gasteiger partial charge in [-0.2, -0.15) is 18.3 Å². The molecule has 0 aliphatic heterocycles. The zero-order valence-electron chi connectivity index (χ0n) is 11.4. The minimum Gasteiger partial charge on any atom is -0.359 e. The molecule has 0 saturated carbocycles. The highest BCUT2D eigenvalue weighted by Crippen LogP contribution is 2.16. The largest absolute Gasteiger partial charge is 0.411 e. The van der Waals surface area contributed by atoms with Crippen LogP contribution in [0.1, 0.15) is 6.92 Å². The number of carbonyl (C=O) groups excluding carboxylic acids is 1. The molecule has 0 saturated heterocycles. The Hall–Kier alpha value is -2.49. The van der Waals surface area contributed by atoms with Gasteiger partial charge in [-0.15, -0.1) is 0 Å². The molecule has 2 aromatic rings. The number of nitrogens with zero attached hydrogens (tertiary/aromatic N) is 4. The van der Waals surface area contributed by atoms with Crippen molar-refractivity contribution in [3.05, 3.63) is 31.0 Å². The maximum absolute atomic E-state index is 12.0. The Kier molecular flexibility index (Phi) is 4.71. The van der Waals surface area contributed by atoms with Crippen LogP contribution in [0, 0.1) is 0 Å². The topological polar surface area (TPSA) is 81.9 Å². The average molecular weight is 315 g/mol. The Morgan fingerprint density at radius 2 is 2.23 bits per heavy atom. The molecule has 0 spiro atoms.